The van der Waals surface area contributed by atoms with Gasteiger partial charge in [0.15, 0.2) is 0 Å². The first-order valence-electron chi connectivity index (χ1n) is 5.88. The van der Waals surface area contributed by atoms with Gasteiger partial charge in [-0.1, -0.05) is 39.9 Å². The minimum atomic E-state index is 0.395. The molecule has 4 heteroatoms. The quantitative estimate of drug-likeness (QED) is 0.867. The zero-order chi connectivity index (χ0) is 13.5. The number of halogens is 1. The Morgan fingerprint density at radius 2 is 2.11 bits per heavy atom. The predicted octanol–water partition coefficient (Wildman–Crippen LogP) is 3.54. The first kappa shape index (κ1) is 14.3. The molecule has 1 aromatic carbocycles. The van der Waals surface area contributed by atoms with Crippen molar-refractivity contribution >= 4 is 27.3 Å². The van der Waals surface area contributed by atoms with Gasteiger partial charge in [0.25, 0.3) is 0 Å². The summed E-state index contributed by atoms with van der Waals surface area (Å²) in [5.41, 5.74) is 6.50. The molecule has 98 valence electrons. The first-order valence-corrected chi connectivity index (χ1v) is 7.49. The van der Waals surface area contributed by atoms with Crippen molar-refractivity contribution < 1.29 is 4.74 Å². The average Bonchev–Trinajstić information content (AvgIpc) is 2.84. The largest absolute Gasteiger partial charge is 0.371 e. The maximum Gasteiger partial charge on any atom is 0.0814 e. The van der Waals surface area contributed by atoms with Crippen LogP contribution in [-0.4, -0.2) is 6.54 Å². The van der Waals surface area contributed by atoms with Gasteiger partial charge in [-0.3, -0.25) is 0 Å². The Balaban J connectivity index is 1.84. The minimum Gasteiger partial charge on any atom is -0.371 e. The molecule has 0 atom stereocenters. The molecule has 0 aliphatic heterocycles. The highest BCUT2D eigenvalue weighted by atomic mass is 79.9. The van der Waals surface area contributed by atoms with Crippen LogP contribution < -0.4 is 5.73 Å². The highest BCUT2D eigenvalue weighted by Crippen LogP contribution is 2.18. The van der Waals surface area contributed by atoms with Crippen LogP contribution in [0.15, 0.2) is 40.9 Å². The molecule has 0 saturated carbocycles. The zero-order valence-electron chi connectivity index (χ0n) is 10.4. The summed E-state index contributed by atoms with van der Waals surface area (Å²) in [6.45, 7) is 1.62. The zero-order valence-corrected chi connectivity index (χ0v) is 12.8. The van der Waals surface area contributed by atoms with Crippen molar-refractivity contribution in [3.05, 3.63) is 56.2 Å². The lowest BCUT2D eigenvalue weighted by Gasteiger charge is -2.03. The van der Waals surface area contributed by atoms with Gasteiger partial charge in [0, 0.05) is 9.35 Å². The number of ether oxygens (including phenoxy) is 1. The topological polar surface area (TPSA) is 35.2 Å². The molecule has 1 heterocycles. The van der Waals surface area contributed by atoms with Crippen molar-refractivity contribution in [3.8, 4) is 11.8 Å². The van der Waals surface area contributed by atoms with E-state index >= 15 is 0 Å². The second-order valence-electron chi connectivity index (χ2n) is 3.89. The molecule has 0 bridgehead atoms. The Morgan fingerprint density at radius 1 is 1.21 bits per heavy atom. The lowest BCUT2D eigenvalue weighted by molar-refractivity contribution is 0.109. The molecule has 19 heavy (non-hydrogen) atoms. The van der Waals surface area contributed by atoms with Crippen LogP contribution in [0.4, 0.5) is 0 Å². The number of rotatable bonds is 4. The number of benzene rings is 1. The number of hydrogen-bond acceptors (Lipinski definition) is 3. The van der Waals surface area contributed by atoms with Gasteiger partial charge >= 0.3 is 0 Å². The molecule has 2 nitrogen and oxygen atoms in total. The molecule has 0 saturated heterocycles. The van der Waals surface area contributed by atoms with E-state index in [2.05, 4.69) is 39.9 Å². The van der Waals surface area contributed by atoms with E-state index < -0.39 is 0 Å². The first-order chi connectivity index (χ1) is 9.28. The molecule has 2 N–H and O–H groups in total. The molecule has 2 aromatic rings. The van der Waals surface area contributed by atoms with Crippen LogP contribution in [0.3, 0.4) is 0 Å². The Hall–Kier alpha value is -1.12. The molecular formula is C15H14BrNOS. The molecule has 0 fully saturated rings. The smallest absolute Gasteiger partial charge is 0.0814 e. The van der Waals surface area contributed by atoms with E-state index in [0.717, 1.165) is 14.9 Å². The van der Waals surface area contributed by atoms with E-state index in [9.17, 15) is 0 Å². The third kappa shape index (κ3) is 4.81. The Bertz CT molecular complexity index is 597. The van der Waals surface area contributed by atoms with Crippen LogP contribution in [-0.2, 0) is 18.0 Å². The molecule has 0 unspecified atom stereocenters. The SMILES string of the molecule is NCC#Cc1ccc(COCc2cccc(Br)c2)s1. The summed E-state index contributed by atoms with van der Waals surface area (Å²) in [5, 5.41) is 0. The number of thiophene rings is 1. The fourth-order valence-electron chi connectivity index (χ4n) is 1.56. The molecule has 0 aliphatic rings. The van der Waals surface area contributed by atoms with E-state index in [1.54, 1.807) is 11.3 Å². The second kappa shape index (κ2) is 7.46. The van der Waals surface area contributed by atoms with Gasteiger partial charge in [0.2, 0.25) is 0 Å². The van der Waals surface area contributed by atoms with E-state index in [0.29, 0.717) is 19.8 Å². The summed E-state index contributed by atoms with van der Waals surface area (Å²) >= 11 is 5.10. The standard InChI is InChI=1S/C15H14BrNOS/c16-13-4-1-3-12(9-13)10-18-11-15-7-6-14(19-15)5-2-8-17/h1,3-4,6-7,9H,8,10-11,17H2. The highest BCUT2D eigenvalue weighted by Gasteiger charge is 1.99. The summed E-state index contributed by atoms with van der Waals surface area (Å²) in [7, 11) is 0. The predicted molar refractivity (Wildman–Crippen MR) is 82.9 cm³/mol. The van der Waals surface area contributed by atoms with E-state index in [1.165, 1.54) is 4.88 Å². The van der Waals surface area contributed by atoms with Gasteiger partial charge < -0.3 is 10.5 Å². The van der Waals surface area contributed by atoms with E-state index in [-0.39, 0.29) is 0 Å². The summed E-state index contributed by atoms with van der Waals surface area (Å²) in [4.78, 5) is 2.21. The molecular weight excluding hydrogens is 322 g/mol. The Labute approximate surface area is 125 Å². The summed E-state index contributed by atoms with van der Waals surface area (Å²) in [6.07, 6.45) is 0. The summed E-state index contributed by atoms with van der Waals surface area (Å²) in [5.74, 6) is 5.87. The van der Waals surface area contributed by atoms with Crippen molar-refractivity contribution in [1.29, 1.82) is 0 Å². The Morgan fingerprint density at radius 3 is 2.89 bits per heavy atom. The molecule has 0 aliphatic carbocycles. The van der Waals surface area contributed by atoms with Gasteiger partial charge in [-0.2, -0.15) is 0 Å². The fourth-order valence-corrected chi connectivity index (χ4v) is 2.82. The van der Waals surface area contributed by atoms with Crippen molar-refractivity contribution in [2.24, 2.45) is 5.73 Å². The van der Waals surface area contributed by atoms with E-state index in [1.807, 2.05) is 24.3 Å². The molecule has 0 amide bonds. The molecule has 0 radical (unpaired) electrons. The molecule has 2 rings (SSSR count). The number of hydrogen-bond donors (Lipinski definition) is 1. The van der Waals surface area contributed by atoms with Crippen LogP contribution in [0.2, 0.25) is 0 Å². The van der Waals surface area contributed by atoms with Gasteiger partial charge in [-0.25, -0.2) is 0 Å². The van der Waals surface area contributed by atoms with Gasteiger partial charge in [-0.05, 0) is 29.8 Å². The van der Waals surface area contributed by atoms with Crippen molar-refractivity contribution in [2.75, 3.05) is 6.54 Å². The maximum absolute atomic E-state index is 5.70. The van der Waals surface area contributed by atoms with Crippen molar-refractivity contribution in [2.45, 2.75) is 13.2 Å². The highest BCUT2D eigenvalue weighted by molar-refractivity contribution is 9.10. The van der Waals surface area contributed by atoms with E-state index in [4.69, 9.17) is 10.5 Å². The van der Waals surface area contributed by atoms with Gasteiger partial charge in [-0.15, -0.1) is 11.3 Å². The van der Waals surface area contributed by atoms with Crippen LogP contribution >= 0.6 is 27.3 Å². The van der Waals surface area contributed by atoms with Gasteiger partial charge in [0.1, 0.15) is 0 Å². The average molecular weight is 336 g/mol. The van der Waals surface area contributed by atoms with Crippen LogP contribution in [0.25, 0.3) is 0 Å². The Kier molecular flexibility index (Phi) is 5.62. The second-order valence-corrected chi connectivity index (χ2v) is 5.98. The van der Waals surface area contributed by atoms with Crippen LogP contribution in [0, 0.1) is 11.8 Å². The third-order valence-electron chi connectivity index (χ3n) is 2.38. The van der Waals surface area contributed by atoms with Crippen molar-refractivity contribution in [3.63, 3.8) is 0 Å². The lowest BCUT2D eigenvalue weighted by Crippen LogP contribution is -1.92. The van der Waals surface area contributed by atoms with Crippen LogP contribution in [0.1, 0.15) is 15.3 Å². The normalized spacial score (nSPS) is 10.0. The lowest BCUT2D eigenvalue weighted by atomic mass is 10.2. The maximum atomic E-state index is 5.70. The summed E-state index contributed by atoms with van der Waals surface area (Å²) in [6, 6.07) is 12.2. The fraction of sp³-hybridized carbons (Fsp3) is 0.200. The van der Waals surface area contributed by atoms with Gasteiger partial charge in [0.05, 0.1) is 24.6 Å². The molecule has 1 aromatic heterocycles. The number of nitrogens with two attached hydrogens (primary N) is 1. The third-order valence-corrected chi connectivity index (χ3v) is 3.84. The monoisotopic (exact) mass is 335 g/mol. The minimum absolute atomic E-state index is 0.395. The van der Waals surface area contributed by atoms with Crippen molar-refractivity contribution in [1.82, 2.24) is 0 Å². The summed E-state index contributed by atoms with van der Waals surface area (Å²) < 4.78 is 6.77. The molecule has 0 spiro atoms. The van der Waals surface area contributed by atoms with Crippen LogP contribution in [0.5, 0.6) is 0 Å².